The molecule has 1 aromatic carbocycles. The molecule has 1 aromatic rings. The maximum Gasteiger partial charge on any atom is 0.461 e. The minimum absolute atomic E-state index is 0. The van der Waals surface area contributed by atoms with Crippen LogP contribution in [0.5, 0.6) is 5.75 Å². The second-order valence-corrected chi connectivity index (χ2v) is 3.33. The number of aliphatic hydroxyl groups is 1. The summed E-state index contributed by atoms with van der Waals surface area (Å²) >= 11 is 0. The van der Waals surface area contributed by atoms with E-state index in [1.807, 2.05) is 0 Å². The molecule has 8 heteroatoms. The van der Waals surface area contributed by atoms with E-state index in [1.165, 1.54) is 12.1 Å². The topological polar surface area (TPSA) is 55.5 Å². The summed E-state index contributed by atoms with van der Waals surface area (Å²) in [5, 5.41) is 8.77. The highest BCUT2D eigenvalue weighted by atomic mass is 35.5. The summed E-state index contributed by atoms with van der Waals surface area (Å²) < 4.78 is 52.8. The number of halogens is 5. The number of nitrogens with two attached hydrogens (primary N) is 1. The molecule has 0 radical (unpaired) electrons. The third-order valence-corrected chi connectivity index (χ3v) is 1.99. The number of ether oxygens (including phenoxy) is 1. The molecule has 3 nitrogen and oxygen atoms in total. The molecule has 3 N–H and O–H groups in total. The molecule has 0 aliphatic rings. The van der Waals surface area contributed by atoms with Crippen LogP contribution < -0.4 is 10.5 Å². The first-order valence-electron chi connectivity index (χ1n) is 4.68. The van der Waals surface area contributed by atoms with Crippen LogP contribution in [0.1, 0.15) is 11.6 Å². The Bertz CT molecular complexity index is 379. The van der Waals surface area contributed by atoms with Crippen molar-refractivity contribution in [2.75, 3.05) is 6.61 Å². The number of benzene rings is 1. The third-order valence-electron chi connectivity index (χ3n) is 1.99. The van der Waals surface area contributed by atoms with Crippen LogP contribution in [0.3, 0.4) is 0 Å². The second-order valence-electron chi connectivity index (χ2n) is 3.33. The lowest BCUT2D eigenvalue weighted by molar-refractivity contribution is -0.253. The van der Waals surface area contributed by atoms with E-state index < -0.39 is 30.9 Å². The first-order chi connectivity index (χ1) is 7.86. The standard InChI is InChI=1S/C10H11F4NO2.ClH/c11-9(12)10(13,14)17-7-3-1-2-6(4-7)8(15)5-16;/h1-4,8-9,16H,5,15H2;1H/t8-;/m0./s1. The third kappa shape index (κ3) is 4.32. The highest BCUT2D eigenvalue weighted by Gasteiger charge is 2.43. The molecule has 1 atom stereocenters. The first-order valence-corrected chi connectivity index (χ1v) is 4.68. The predicted octanol–water partition coefficient (Wildman–Crippen LogP) is 2.34. The van der Waals surface area contributed by atoms with Crippen LogP contribution in [-0.2, 0) is 0 Å². The van der Waals surface area contributed by atoms with Gasteiger partial charge in [0.25, 0.3) is 0 Å². The molecule has 0 saturated carbocycles. The van der Waals surface area contributed by atoms with Crippen LogP contribution in [-0.4, -0.2) is 24.2 Å². The predicted molar refractivity (Wildman–Crippen MR) is 59.3 cm³/mol. The van der Waals surface area contributed by atoms with E-state index in [9.17, 15) is 17.6 Å². The van der Waals surface area contributed by atoms with Crippen LogP contribution >= 0.6 is 12.4 Å². The number of hydrogen-bond acceptors (Lipinski definition) is 3. The lowest BCUT2D eigenvalue weighted by Gasteiger charge is -2.18. The number of alkyl halides is 4. The molecule has 0 amide bonds. The number of rotatable bonds is 5. The quantitative estimate of drug-likeness (QED) is 0.818. The Labute approximate surface area is 107 Å². The van der Waals surface area contributed by atoms with Gasteiger partial charge in [-0.3, -0.25) is 0 Å². The van der Waals surface area contributed by atoms with Crippen LogP contribution in [0.4, 0.5) is 17.6 Å². The lowest BCUT2D eigenvalue weighted by Crippen LogP contribution is -2.33. The van der Waals surface area contributed by atoms with E-state index >= 15 is 0 Å². The maximum absolute atomic E-state index is 12.6. The summed E-state index contributed by atoms with van der Waals surface area (Å²) in [6, 6.07) is 4.19. The molecule has 0 aromatic heterocycles. The maximum atomic E-state index is 12.6. The zero-order valence-corrected chi connectivity index (χ0v) is 9.84. The molecular formula is C10H12ClF4NO2. The van der Waals surface area contributed by atoms with Crippen LogP contribution in [0, 0.1) is 0 Å². The lowest BCUT2D eigenvalue weighted by atomic mass is 10.1. The molecule has 0 saturated heterocycles. The monoisotopic (exact) mass is 289 g/mol. The minimum Gasteiger partial charge on any atom is -0.428 e. The van der Waals surface area contributed by atoms with Gasteiger partial charge in [-0.15, -0.1) is 12.4 Å². The van der Waals surface area contributed by atoms with Gasteiger partial charge < -0.3 is 15.6 Å². The van der Waals surface area contributed by atoms with E-state index in [-0.39, 0.29) is 12.4 Å². The van der Waals surface area contributed by atoms with Crippen LogP contribution in [0.2, 0.25) is 0 Å². The number of hydrogen-bond donors (Lipinski definition) is 2. The molecule has 0 aliphatic carbocycles. The Morgan fingerprint density at radius 2 is 1.94 bits per heavy atom. The van der Waals surface area contributed by atoms with Crippen molar-refractivity contribution < 1.29 is 27.4 Å². The summed E-state index contributed by atoms with van der Waals surface area (Å²) in [6.07, 6.45) is -8.47. The zero-order chi connectivity index (χ0) is 13.1. The average molecular weight is 290 g/mol. The van der Waals surface area contributed by atoms with Gasteiger partial charge in [0, 0.05) is 0 Å². The largest absolute Gasteiger partial charge is 0.461 e. The van der Waals surface area contributed by atoms with Gasteiger partial charge in [0.15, 0.2) is 0 Å². The normalized spacial score (nSPS) is 13.1. The van der Waals surface area contributed by atoms with E-state index in [4.69, 9.17) is 10.8 Å². The summed E-state index contributed by atoms with van der Waals surface area (Å²) in [5.74, 6) is -0.434. The molecule has 104 valence electrons. The SMILES string of the molecule is Cl.N[C@@H](CO)c1cccc(OC(F)(F)C(F)F)c1. The van der Waals surface area contributed by atoms with Crippen molar-refractivity contribution in [1.29, 1.82) is 0 Å². The first kappa shape index (κ1) is 16.9. The Kier molecular flexibility index (Phi) is 6.37. The molecule has 18 heavy (non-hydrogen) atoms. The average Bonchev–Trinajstić information content (AvgIpc) is 2.27. The van der Waals surface area contributed by atoms with E-state index in [2.05, 4.69) is 4.74 Å². The number of aliphatic hydroxyl groups excluding tert-OH is 1. The van der Waals surface area contributed by atoms with Gasteiger partial charge in [0.05, 0.1) is 12.6 Å². The van der Waals surface area contributed by atoms with Gasteiger partial charge >= 0.3 is 12.5 Å². The van der Waals surface area contributed by atoms with Crippen molar-refractivity contribution >= 4 is 12.4 Å². The van der Waals surface area contributed by atoms with Crippen LogP contribution in [0.15, 0.2) is 24.3 Å². The smallest absolute Gasteiger partial charge is 0.428 e. The molecule has 1 rings (SSSR count). The van der Waals surface area contributed by atoms with Gasteiger partial charge in [0.2, 0.25) is 0 Å². The Balaban J connectivity index is 0.00000289. The molecule has 0 fully saturated rings. The Morgan fingerprint density at radius 3 is 2.44 bits per heavy atom. The molecule has 0 bridgehead atoms. The summed E-state index contributed by atoms with van der Waals surface area (Å²) in [6.45, 7) is -0.394. The van der Waals surface area contributed by atoms with Gasteiger partial charge in [-0.05, 0) is 17.7 Å². The molecule has 0 aliphatic heterocycles. The summed E-state index contributed by atoms with van der Waals surface area (Å²) in [7, 11) is 0. The van der Waals surface area contributed by atoms with Crippen molar-refractivity contribution in [1.82, 2.24) is 0 Å². The molecular weight excluding hydrogens is 278 g/mol. The zero-order valence-electron chi connectivity index (χ0n) is 9.02. The van der Waals surface area contributed by atoms with Crippen molar-refractivity contribution in [3.8, 4) is 5.75 Å². The van der Waals surface area contributed by atoms with Gasteiger partial charge in [-0.2, -0.15) is 17.6 Å². The fourth-order valence-electron chi connectivity index (χ4n) is 1.12. The van der Waals surface area contributed by atoms with Crippen molar-refractivity contribution in [3.63, 3.8) is 0 Å². The van der Waals surface area contributed by atoms with E-state index in [1.54, 1.807) is 0 Å². The van der Waals surface area contributed by atoms with Crippen molar-refractivity contribution in [2.45, 2.75) is 18.6 Å². The molecule has 0 heterocycles. The fourth-order valence-corrected chi connectivity index (χ4v) is 1.12. The van der Waals surface area contributed by atoms with E-state index in [0.717, 1.165) is 12.1 Å². The Hall–Kier alpha value is -1.05. The van der Waals surface area contributed by atoms with Crippen LogP contribution in [0.25, 0.3) is 0 Å². The van der Waals surface area contributed by atoms with E-state index in [0.29, 0.717) is 5.56 Å². The fraction of sp³-hybridized carbons (Fsp3) is 0.400. The minimum atomic E-state index is -4.55. The second kappa shape index (κ2) is 6.77. The van der Waals surface area contributed by atoms with Crippen molar-refractivity contribution in [3.05, 3.63) is 29.8 Å². The molecule has 0 spiro atoms. The van der Waals surface area contributed by atoms with Crippen molar-refractivity contribution in [2.24, 2.45) is 5.73 Å². The highest BCUT2D eigenvalue weighted by Crippen LogP contribution is 2.28. The van der Waals surface area contributed by atoms with Gasteiger partial charge in [-0.1, -0.05) is 12.1 Å². The van der Waals surface area contributed by atoms with Gasteiger partial charge in [0.1, 0.15) is 5.75 Å². The Morgan fingerprint density at radius 1 is 1.33 bits per heavy atom. The summed E-state index contributed by atoms with van der Waals surface area (Å²) in [5.41, 5.74) is 5.76. The molecule has 0 unspecified atom stereocenters. The summed E-state index contributed by atoms with van der Waals surface area (Å²) in [4.78, 5) is 0. The highest BCUT2D eigenvalue weighted by molar-refractivity contribution is 5.85. The van der Waals surface area contributed by atoms with Gasteiger partial charge in [-0.25, -0.2) is 0 Å².